The first-order chi connectivity index (χ1) is 8.50. The maximum absolute atomic E-state index is 10.4. The molecule has 1 aromatic heterocycles. The molecule has 2 rings (SSSR count). The van der Waals surface area contributed by atoms with Gasteiger partial charge in [-0.2, -0.15) is 0 Å². The predicted octanol–water partition coefficient (Wildman–Crippen LogP) is 4.15. The molecule has 0 spiro atoms. The molecule has 0 bridgehead atoms. The summed E-state index contributed by atoms with van der Waals surface area (Å²) in [6, 6.07) is 1.55. The summed E-state index contributed by atoms with van der Waals surface area (Å²) in [6.07, 6.45) is 4.91. The van der Waals surface area contributed by atoms with Crippen LogP contribution in [0.2, 0.25) is 15.2 Å². The van der Waals surface area contributed by atoms with Crippen LogP contribution < -0.4 is 5.32 Å². The summed E-state index contributed by atoms with van der Waals surface area (Å²) in [5, 5.41) is 14.3. The van der Waals surface area contributed by atoms with Gasteiger partial charge in [0.2, 0.25) is 0 Å². The van der Waals surface area contributed by atoms with E-state index in [2.05, 4.69) is 10.3 Å². The molecular formula is C12H15Cl3N2O. The second-order valence-electron chi connectivity index (χ2n) is 4.73. The monoisotopic (exact) mass is 308 g/mol. The smallest absolute Gasteiger partial charge is 0.150 e. The number of anilines is 1. The van der Waals surface area contributed by atoms with Gasteiger partial charge in [-0.1, -0.05) is 54.1 Å². The highest BCUT2D eigenvalue weighted by Crippen LogP contribution is 2.31. The summed E-state index contributed by atoms with van der Waals surface area (Å²) in [7, 11) is 0. The van der Waals surface area contributed by atoms with Crippen LogP contribution in [0, 0.1) is 0 Å². The van der Waals surface area contributed by atoms with Crippen LogP contribution in [0.3, 0.4) is 0 Å². The summed E-state index contributed by atoms with van der Waals surface area (Å²) in [5.74, 6) is 0.463. The van der Waals surface area contributed by atoms with E-state index in [9.17, 15) is 5.11 Å². The molecule has 1 aliphatic rings. The van der Waals surface area contributed by atoms with Crippen molar-refractivity contribution in [2.75, 3.05) is 11.9 Å². The first kappa shape index (κ1) is 14.2. The summed E-state index contributed by atoms with van der Waals surface area (Å²) < 4.78 is 0. The average Bonchev–Trinajstić information content (AvgIpc) is 2.33. The zero-order valence-electron chi connectivity index (χ0n) is 9.85. The molecule has 0 radical (unpaired) electrons. The number of hydrogen-bond donors (Lipinski definition) is 2. The van der Waals surface area contributed by atoms with Crippen molar-refractivity contribution >= 4 is 40.6 Å². The fourth-order valence-electron chi connectivity index (χ4n) is 2.20. The van der Waals surface area contributed by atoms with E-state index in [1.807, 2.05) is 0 Å². The van der Waals surface area contributed by atoms with E-state index < -0.39 is 5.60 Å². The lowest BCUT2D eigenvalue weighted by Gasteiger charge is -2.32. The SMILES string of the molecule is OC1(CNc2nc(Cl)c(Cl)cc2Cl)CCCCC1. The standard InChI is InChI=1S/C12H15Cl3N2O/c13-8-6-9(14)11(17-10(8)15)16-7-12(18)4-2-1-3-5-12/h6,18H,1-5,7H2,(H,16,17). The van der Waals surface area contributed by atoms with Crippen LogP contribution in [0.1, 0.15) is 32.1 Å². The van der Waals surface area contributed by atoms with Crippen molar-refractivity contribution in [1.82, 2.24) is 4.98 Å². The molecule has 2 N–H and O–H groups in total. The number of halogens is 3. The lowest BCUT2D eigenvalue weighted by atomic mass is 9.85. The van der Waals surface area contributed by atoms with E-state index in [-0.39, 0.29) is 5.15 Å². The second-order valence-corrected chi connectivity index (χ2v) is 5.90. The van der Waals surface area contributed by atoms with Gasteiger partial charge in [0.05, 0.1) is 15.6 Å². The van der Waals surface area contributed by atoms with Gasteiger partial charge in [0, 0.05) is 6.54 Å². The third-order valence-corrected chi connectivity index (χ3v) is 4.22. The number of pyridine rings is 1. The summed E-state index contributed by atoms with van der Waals surface area (Å²) in [4.78, 5) is 4.07. The first-order valence-corrected chi connectivity index (χ1v) is 7.11. The minimum atomic E-state index is -0.671. The Hall–Kier alpha value is -0.220. The van der Waals surface area contributed by atoms with Gasteiger partial charge in [0.15, 0.2) is 0 Å². The maximum atomic E-state index is 10.4. The van der Waals surface area contributed by atoms with Crippen LogP contribution in [0.4, 0.5) is 5.82 Å². The van der Waals surface area contributed by atoms with Crippen molar-refractivity contribution < 1.29 is 5.11 Å². The fraction of sp³-hybridized carbons (Fsp3) is 0.583. The second kappa shape index (κ2) is 5.83. The topological polar surface area (TPSA) is 45.1 Å². The van der Waals surface area contributed by atoms with Gasteiger partial charge in [-0.25, -0.2) is 4.98 Å². The molecule has 6 heteroatoms. The fourth-order valence-corrected chi connectivity index (χ4v) is 2.77. The Bertz CT molecular complexity index is 434. The molecule has 1 aromatic rings. The molecule has 0 aliphatic heterocycles. The summed E-state index contributed by atoms with van der Waals surface area (Å²) >= 11 is 17.7. The van der Waals surface area contributed by atoms with Gasteiger partial charge in [0.25, 0.3) is 0 Å². The molecule has 1 saturated carbocycles. The van der Waals surface area contributed by atoms with E-state index in [0.29, 0.717) is 22.4 Å². The van der Waals surface area contributed by atoms with Crippen molar-refractivity contribution in [1.29, 1.82) is 0 Å². The van der Waals surface area contributed by atoms with Gasteiger partial charge in [-0.3, -0.25) is 0 Å². The van der Waals surface area contributed by atoms with Gasteiger partial charge in [-0.05, 0) is 18.9 Å². The minimum absolute atomic E-state index is 0.208. The quantitative estimate of drug-likeness (QED) is 0.825. The number of hydrogen-bond acceptors (Lipinski definition) is 3. The maximum Gasteiger partial charge on any atom is 0.150 e. The Morgan fingerprint density at radius 2 is 1.83 bits per heavy atom. The largest absolute Gasteiger partial charge is 0.388 e. The third kappa shape index (κ3) is 3.41. The van der Waals surface area contributed by atoms with Crippen molar-refractivity contribution in [3.05, 3.63) is 21.3 Å². The number of nitrogens with one attached hydrogen (secondary N) is 1. The van der Waals surface area contributed by atoms with Crippen LogP contribution in [-0.4, -0.2) is 22.2 Å². The summed E-state index contributed by atoms with van der Waals surface area (Å²) in [6.45, 7) is 0.428. The molecule has 1 fully saturated rings. The van der Waals surface area contributed by atoms with Gasteiger partial charge < -0.3 is 10.4 Å². The third-order valence-electron chi connectivity index (χ3n) is 3.26. The Kier molecular flexibility index (Phi) is 4.59. The van der Waals surface area contributed by atoms with Crippen LogP contribution in [0.25, 0.3) is 0 Å². The molecule has 0 amide bonds. The normalized spacial score (nSPS) is 18.7. The van der Waals surface area contributed by atoms with Crippen molar-refractivity contribution in [2.45, 2.75) is 37.7 Å². The number of aliphatic hydroxyl groups is 1. The van der Waals surface area contributed by atoms with E-state index in [1.165, 1.54) is 6.42 Å². The molecule has 1 aliphatic carbocycles. The number of rotatable bonds is 3. The van der Waals surface area contributed by atoms with E-state index >= 15 is 0 Å². The molecule has 3 nitrogen and oxygen atoms in total. The Morgan fingerprint density at radius 3 is 2.50 bits per heavy atom. The van der Waals surface area contributed by atoms with E-state index in [4.69, 9.17) is 34.8 Å². The highest BCUT2D eigenvalue weighted by Gasteiger charge is 2.29. The molecule has 1 heterocycles. The first-order valence-electron chi connectivity index (χ1n) is 5.98. The Morgan fingerprint density at radius 1 is 1.17 bits per heavy atom. The molecule has 0 atom stereocenters. The number of aromatic nitrogens is 1. The van der Waals surface area contributed by atoms with Gasteiger partial charge in [0.1, 0.15) is 11.0 Å². The molecule has 100 valence electrons. The van der Waals surface area contributed by atoms with E-state index in [1.54, 1.807) is 6.07 Å². The van der Waals surface area contributed by atoms with Crippen LogP contribution in [0.5, 0.6) is 0 Å². The van der Waals surface area contributed by atoms with E-state index in [0.717, 1.165) is 25.7 Å². The van der Waals surface area contributed by atoms with Crippen molar-refractivity contribution in [3.63, 3.8) is 0 Å². The number of nitrogens with zero attached hydrogens (tertiary/aromatic N) is 1. The molecule has 0 saturated heterocycles. The minimum Gasteiger partial charge on any atom is -0.388 e. The average molecular weight is 310 g/mol. The Balaban J connectivity index is 2.03. The summed E-state index contributed by atoms with van der Waals surface area (Å²) in [5.41, 5.74) is -0.671. The zero-order chi connectivity index (χ0) is 13.2. The van der Waals surface area contributed by atoms with Crippen molar-refractivity contribution in [2.24, 2.45) is 0 Å². The highest BCUT2D eigenvalue weighted by atomic mass is 35.5. The Labute approximate surface area is 121 Å². The lowest BCUT2D eigenvalue weighted by Crippen LogP contribution is -2.39. The molecule has 18 heavy (non-hydrogen) atoms. The van der Waals surface area contributed by atoms with Crippen LogP contribution in [0.15, 0.2) is 6.07 Å². The predicted molar refractivity (Wildman–Crippen MR) is 75.8 cm³/mol. The van der Waals surface area contributed by atoms with Crippen LogP contribution in [-0.2, 0) is 0 Å². The molecular weight excluding hydrogens is 295 g/mol. The molecule has 0 aromatic carbocycles. The van der Waals surface area contributed by atoms with Crippen molar-refractivity contribution in [3.8, 4) is 0 Å². The van der Waals surface area contributed by atoms with Crippen LogP contribution >= 0.6 is 34.8 Å². The highest BCUT2D eigenvalue weighted by molar-refractivity contribution is 6.42. The van der Waals surface area contributed by atoms with Gasteiger partial charge >= 0.3 is 0 Å². The zero-order valence-corrected chi connectivity index (χ0v) is 12.1. The molecule has 0 unspecified atom stereocenters. The van der Waals surface area contributed by atoms with Gasteiger partial charge in [-0.15, -0.1) is 0 Å². The lowest BCUT2D eigenvalue weighted by molar-refractivity contribution is 0.0166.